The second kappa shape index (κ2) is 7.38. The van der Waals surface area contributed by atoms with Crippen LogP contribution in [0.2, 0.25) is 0 Å². The zero-order valence-electron chi connectivity index (χ0n) is 11.8. The third-order valence-corrected chi connectivity index (χ3v) is 4.04. The first-order valence-corrected chi connectivity index (χ1v) is 7.48. The van der Waals surface area contributed by atoms with Crippen LogP contribution in [0.15, 0.2) is 24.3 Å². The first kappa shape index (κ1) is 15.0. The van der Waals surface area contributed by atoms with Crippen LogP contribution in [-0.2, 0) is 6.42 Å². The number of hydrogen-bond donors (Lipinski definition) is 2. The molecule has 2 N–H and O–H groups in total. The molecule has 1 heterocycles. The molecular weight excluding hydrogens is 272 g/mol. The maximum absolute atomic E-state index is 8.72. The zero-order valence-corrected chi connectivity index (χ0v) is 12.7. The van der Waals surface area contributed by atoms with Gasteiger partial charge in [-0.25, -0.2) is 4.98 Å². The largest absolute Gasteiger partial charge is 0.497 e. The number of aryl methyl sites for hydroxylation is 1. The lowest BCUT2D eigenvalue weighted by atomic mass is 10.1. The Morgan fingerprint density at radius 1 is 1.25 bits per heavy atom. The van der Waals surface area contributed by atoms with Gasteiger partial charge in [0, 0.05) is 30.0 Å². The Morgan fingerprint density at radius 2 is 2.00 bits per heavy atom. The molecular formula is C15H20N2O2S. The zero-order chi connectivity index (χ0) is 14.4. The van der Waals surface area contributed by atoms with E-state index in [0.29, 0.717) is 6.54 Å². The summed E-state index contributed by atoms with van der Waals surface area (Å²) in [5, 5.41) is 13.0. The van der Waals surface area contributed by atoms with Gasteiger partial charge in [-0.1, -0.05) is 0 Å². The Balaban J connectivity index is 2.06. The molecule has 0 aliphatic heterocycles. The lowest BCUT2D eigenvalue weighted by molar-refractivity contribution is 0.293. The fourth-order valence-corrected chi connectivity index (χ4v) is 2.93. The van der Waals surface area contributed by atoms with Crippen LogP contribution in [0, 0.1) is 6.92 Å². The Kier molecular flexibility index (Phi) is 5.52. The quantitative estimate of drug-likeness (QED) is 0.769. The number of benzene rings is 1. The fraction of sp³-hybridized carbons (Fsp3) is 0.400. The van der Waals surface area contributed by atoms with E-state index in [0.717, 1.165) is 35.0 Å². The molecule has 108 valence electrons. The van der Waals surface area contributed by atoms with Gasteiger partial charge in [-0.15, -0.1) is 11.3 Å². The van der Waals surface area contributed by atoms with Crippen molar-refractivity contribution in [1.29, 1.82) is 0 Å². The van der Waals surface area contributed by atoms with Gasteiger partial charge in [-0.3, -0.25) is 0 Å². The van der Waals surface area contributed by atoms with Crippen molar-refractivity contribution in [3.8, 4) is 17.0 Å². The molecule has 0 aliphatic carbocycles. The SMILES string of the molecule is COc1ccc(-c2nc(CCNCCO)sc2C)cc1. The predicted molar refractivity (Wildman–Crippen MR) is 82.5 cm³/mol. The molecule has 0 amide bonds. The lowest BCUT2D eigenvalue weighted by Gasteiger charge is -2.02. The van der Waals surface area contributed by atoms with Crippen LogP contribution < -0.4 is 10.1 Å². The summed E-state index contributed by atoms with van der Waals surface area (Å²) in [5.41, 5.74) is 2.17. The van der Waals surface area contributed by atoms with Crippen molar-refractivity contribution in [1.82, 2.24) is 10.3 Å². The molecule has 0 atom stereocenters. The number of nitrogens with zero attached hydrogens (tertiary/aromatic N) is 1. The highest BCUT2D eigenvalue weighted by atomic mass is 32.1. The van der Waals surface area contributed by atoms with Crippen molar-refractivity contribution < 1.29 is 9.84 Å². The summed E-state index contributed by atoms with van der Waals surface area (Å²) in [6.45, 7) is 3.75. The molecule has 0 unspecified atom stereocenters. The van der Waals surface area contributed by atoms with Crippen LogP contribution in [0.3, 0.4) is 0 Å². The molecule has 0 spiro atoms. The molecule has 0 bridgehead atoms. The Bertz CT molecular complexity index is 537. The van der Waals surface area contributed by atoms with Gasteiger partial charge in [0.2, 0.25) is 0 Å². The number of aliphatic hydroxyl groups is 1. The summed E-state index contributed by atoms with van der Waals surface area (Å²) >= 11 is 1.73. The maximum atomic E-state index is 8.72. The van der Waals surface area contributed by atoms with Gasteiger partial charge < -0.3 is 15.2 Å². The molecule has 1 aromatic heterocycles. The predicted octanol–water partition coefficient (Wildman–Crippen LogP) is 2.25. The lowest BCUT2D eigenvalue weighted by Crippen LogP contribution is -2.20. The molecule has 2 aromatic rings. The molecule has 1 aromatic carbocycles. The first-order valence-electron chi connectivity index (χ1n) is 6.67. The Morgan fingerprint density at radius 3 is 2.65 bits per heavy atom. The van der Waals surface area contributed by atoms with Crippen LogP contribution in [0.25, 0.3) is 11.3 Å². The summed E-state index contributed by atoms with van der Waals surface area (Å²) in [6.07, 6.45) is 0.891. The molecule has 0 saturated heterocycles. The monoisotopic (exact) mass is 292 g/mol. The number of ether oxygens (including phenoxy) is 1. The minimum absolute atomic E-state index is 0.175. The van der Waals surface area contributed by atoms with E-state index in [9.17, 15) is 0 Å². The average Bonchev–Trinajstić information content (AvgIpc) is 2.85. The Hall–Kier alpha value is -1.43. The highest BCUT2D eigenvalue weighted by Gasteiger charge is 2.09. The van der Waals surface area contributed by atoms with Gasteiger partial charge in [0.25, 0.3) is 0 Å². The molecule has 2 rings (SSSR count). The highest BCUT2D eigenvalue weighted by Crippen LogP contribution is 2.28. The normalized spacial score (nSPS) is 10.8. The Labute approximate surface area is 123 Å². The third kappa shape index (κ3) is 3.79. The van der Waals surface area contributed by atoms with Crippen molar-refractivity contribution in [3.05, 3.63) is 34.2 Å². The molecule has 5 heteroatoms. The number of rotatable bonds is 7. The van der Waals surface area contributed by atoms with E-state index in [4.69, 9.17) is 14.8 Å². The fourth-order valence-electron chi connectivity index (χ4n) is 1.97. The van der Waals surface area contributed by atoms with E-state index in [2.05, 4.69) is 12.2 Å². The molecule has 0 radical (unpaired) electrons. The summed E-state index contributed by atoms with van der Waals surface area (Å²) in [7, 11) is 1.67. The molecule has 0 aliphatic rings. The summed E-state index contributed by atoms with van der Waals surface area (Å²) in [4.78, 5) is 5.94. The molecule has 4 nitrogen and oxygen atoms in total. The second-order valence-corrected chi connectivity index (χ2v) is 5.75. The van der Waals surface area contributed by atoms with Crippen LogP contribution in [0.1, 0.15) is 9.88 Å². The van der Waals surface area contributed by atoms with Crippen LogP contribution in [-0.4, -0.2) is 36.9 Å². The van der Waals surface area contributed by atoms with Gasteiger partial charge >= 0.3 is 0 Å². The standard InChI is InChI=1S/C15H20N2O2S/c1-11-15(12-3-5-13(19-2)6-4-12)17-14(20-11)7-8-16-9-10-18/h3-6,16,18H,7-10H2,1-2H3. The van der Waals surface area contributed by atoms with Crippen LogP contribution in [0.5, 0.6) is 5.75 Å². The maximum Gasteiger partial charge on any atom is 0.118 e. The number of thiazole rings is 1. The summed E-state index contributed by atoms with van der Waals surface area (Å²) in [6, 6.07) is 7.98. The third-order valence-electron chi connectivity index (χ3n) is 3.01. The number of nitrogens with one attached hydrogen (secondary N) is 1. The van der Waals surface area contributed by atoms with Crippen molar-refractivity contribution in [3.63, 3.8) is 0 Å². The smallest absolute Gasteiger partial charge is 0.118 e. The van der Waals surface area contributed by atoms with Gasteiger partial charge in [-0.05, 0) is 31.2 Å². The van der Waals surface area contributed by atoms with E-state index in [1.54, 1.807) is 18.4 Å². The van der Waals surface area contributed by atoms with E-state index >= 15 is 0 Å². The van der Waals surface area contributed by atoms with Gasteiger partial charge in [-0.2, -0.15) is 0 Å². The minimum Gasteiger partial charge on any atom is -0.497 e. The van der Waals surface area contributed by atoms with E-state index in [1.165, 1.54) is 4.88 Å². The summed E-state index contributed by atoms with van der Waals surface area (Å²) in [5.74, 6) is 0.857. The van der Waals surface area contributed by atoms with Crippen LogP contribution >= 0.6 is 11.3 Å². The van der Waals surface area contributed by atoms with E-state index in [-0.39, 0.29) is 6.61 Å². The van der Waals surface area contributed by atoms with E-state index in [1.807, 2.05) is 24.3 Å². The van der Waals surface area contributed by atoms with Gasteiger partial charge in [0.1, 0.15) is 5.75 Å². The number of aliphatic hydroxyl groups excluding tert-OH is 1. The average molecular weight is 292 g/mol. The number of aromatic nitrogens is 1. The number of hydrogen-bond acceptors (Lipinski definition) is 5. The van der Waals surface area contributed by atoms with Crippen LogP contribution in [0.4, 0.5) is 0 Å². The van der Waals surface area contributed by atoms with Gasteiger partial charge in [0.15, 0.2) is 0 Å². The first-order chi connectivity index (χ1) is 9.74. The topological polar surface area (TPSA) is 54.4 Å². The second-order valence-electron chi connectivity index (χ2n) is 4.46. The van der Waals surface area contributed by atoms with Crippen molar-refractivity contribution in [2.75, 3.05) is 26.8 Å². The van der Waals surface area contributed by atoms with Gasteiger partial charge in [0.05, 0.1) is 24.4 Å². The highest BCUT2D eigenvalue weighted by molar-refractivity contribution is 7.12. The summed E-state index contributed by atoms with van der Waals surface area (Å²) < 4.78 is 5.17. The van der Waals surface area contributed by atoms with E-state index < -0.39 is 0 Å². The molecule has 20 heavy (non-hydrogen) atoms. The minimum atomic E-state index is 0.175. The van der Waals surface area contributed by atoms with Crippen molar-refractivity contribution >= 4 is 11.3 Å². The number of methoxy groups -OCH3 is 1. The van der Waals surface area contributed by atoms with Crippen molar-refractivity contribution in [2.24, 2.45) is 0 Å². The molecule has 0 fully saturated rings. The van der Waals surface area contributed by atoms with Crippen molar-refractivity contribution in [2.45, 2.75) is 13.3 Å². The molecule has 0 saturated carbocycles.